The summed E-state index contributed by atoms with van der Waals surface area (Å²) in [6.07, 6.45) is 2.56. The molecule has 0 aromatic carbocycles. The Kier molecular flexibility index (Phi) is 5.99. The Morgan fingerprint density at radius 2 is 1.90 bits per heavy atom. The first kappa shape index (κ1) is 16.2. The van der Waals surface area contributed by atoms with Crippen LogP contribution in [0.5, 0.6) is 0 Å². The van der Waals surface area contributed by atoms with Gasteiger partial charge in [-0.15, -0.1) is 0 Å². The highest BCUT2D eigenvalue weighted by Gasteiger charge is 2.31. The molecule has 1 N–H and O–H groups in total. The highest BCUT2D eigenvalue weighted by molar-refractivity contribution is 5.82. The van der Waals surface area contributed by atoms with Crippen LogP contribution in [0.2, 0.25) is 0 Å². The predicted octanol–water partition coefficient (Wildman–Crippen LogP) is 0.224. The molecule has 0 bridgehead atoms. The maximum absolute atomic E-state index is 12.2. The molecule has 0 aromatic rings. The predicted molar refractivity (Wildman–Crippen MR) is 79.9 cm³/mol. The average molecular weight is 297 g/mol. The summed E-state index contributed by atoms with van der Waals surface area (Å²) < 4.78 is 5.44. The van der Waals surface area contributed by atoms with Crippen molar-refractivity contribution in [1.82, 2.24) is 15.1 Å². The van der Waals surface area contributed by atoms with Crippen LogP contribution in [0.15, 0.2) is 0 Å². The van der Waals surface area contributed by atoms with E-state index in [0.717, 1.165) is 19.3 Å². The summed E-state index contributed by atoms with van der Waals surface area (Å²) in [5.41, 5.74) is 0. The van der Waals surface area contributed by atoms with Gasteiger partial charge in [0.1, 0.15) is 6.10 Å². The number of hydrogen-bond acceptors (Lipinski definition) is 4. The second kappa shape index (κ2) is 7.75. The molecule has 120 valence electrons. The summed E-state index contributed by atoms with van der Waals surface area (Å²) in [5, 5.41) is 3.22. The molecule has 0 aromatic heterocycles. The minimum Gasteiger partial charge on any atom is -0.368 e. The van der Waals surface area contributed by atoms with Gasteiger partial charge in [-0.3, -0.25) is 9.59 Å². The van der Waals surface area contributed by atoms with Gasteiger partial charge in [-0.05, 0) is 26.2 Å². The number of piperazine rings is 1. The van der Waals surface area contributed by atoms with E-state index in [9.17, 15) is 9.59 Å². The fraction of sp³-hybridized carbons (Fsp3) is 0.867. The van der Waals surface area contributed by atoms with E-state index in [0.29, 0.717) is 45.4 Å². The summed E-state index contributed by atoms with van der Waals surface area (Å²) in [6.45, 7) is 7.73. The van der Waals surface area contributed by atoms with Crippen LogP contribution >= 0.6 is 0 Å². The highest BCUT2D eigenvalue weighted by atomic mass is 16.5. The van der Waals surface area contributed by atoms with E-state index in [-0.39, 0.29) is 17.9 Å². The monoisotopic (exact) mass is 297 g/mol. The summed E-state index contributed by atoms with van der Waals surface area (Å²) in [5.74, 6) is 0.219. The summed E-state index contributed by atoms with van der Waals surface area (Å²) in [6, 6.07) is 0.358. The number of nitrogens with one attached hydrogen (secondary N) is 1. The molecule has 2 fully saturated rings. The van der Waals surface area contributed by atoms with Crippen molar-refractivity contribution < 1.29 is 14.3 Å². The van der Waals surface area contributed by atoms with Gasteiger partial charge in [0.05, 0.1) is 6.54 Å². The number of hydrogen-bond donors (Lipinski definition) is 1. The maximum Gasteiger partial charge on any atom is 0.251 e. The standard InChI is InChI=1S/C15H27N3O3/c1-3-12(2)16-11-14(19)17-6-8-18(9-7-17)15(20)13-5-4-10-21-13/h12-13,16H,3-11H2,1-2H3. The van der Waals surface area contributed by atoms with Crippen LogP contribution in [0.25, 0.3) is 0 Å². The normalized spacial score (nSPS) is 24.2. The summed E-state index contributed by atoms with van der Waals surface area (Å²) >= 11 is 0. The number of rotatable bonds is 5. The van der Waals surface area contributed by atoms with Crippen LogP contribution in [0.4, 0.5) is 0 Å². The lowest BCUT2D eigenvalue weighted by molar-refractivity contribution is -0.145. The van der Waals surface area contributed by atoms with Crippen molar-refractivity contribution in [2.45, 2.75) is 45.3 Å². The molecule has 2 heterocycles. The quantitative estimate of drug-likeness (QED) is 0.789. The van der Waals surface area contributed by atoms with Crippen LogP contribution < -0.4 is 5.32 Å². The zero-order valence-corrected chi connectivity index (χ0v) is 13.1. The molecule has 2 rings (SSSR count). The third kappa shape index (κ3) is 4.41. The average Bonchev–Trinajstić information content (AvgIpc) is 3.06. The minimum absolute atomic E-state index is 0.0947. The van der Waals surface area contributed by atoms with Gasteiger partial charge in [0.15, 0.2) is 0 Å². The highest BCUT2D eigenvalue weighted by Crippen LogP contribution is 2.16. The van der Waals surface area contributed by atoms with Gasteiger partial charge in [0.2, 0.25) is 5.91 Å². The van der Waals surface area contributed by atoms with Gasteiger partial charge in [0.25, 0.3) is 5.91 Å². The third-order valence-electron chi connectivity index (χ3n) is 4.36. The number of nitrogens with zero attached hydrogens (tertiary/aromatic N) is 2. The molecule has 0 aliphatic carbocycles. The van der Waals surface area contributed by atoms with E-state index < -0.39 is 0 Å². The van der Waals surface area contributed by atoms with E-state index in [1.165, 1.54) is 0 Å². The minimum atomic E-state index is -0.251. The van der Waals surface area contributed by atoms with E-state index >= 15 is 0 Å². The molecule has 0 spiro atoms. The molecule has 21 heavy (non-hydrogen) atoms. The Balaban J connectivity index is 1.72. The molecule has 2 unspecified atom stereocenters. The summed E-state index contributed by atoms with van der Waals surface area (Å²) in [7, 11) is 0. The lowest BCUT2D eigenvalue weighted by atomic mass is 10.2. The van der Waals surface area contributed by atoms with Crippen molar-refractivity contribution in [1.29, 1.82) is 0 Å². The van der Waals surface area contributed by atoms with Crippen LogP contribution in [0, 0.1) is 0 Å². The van der Waals surface area contributed by atoms with Gasteiger partial charge in [-0.2, -0.15) is 0 Å². The molecule has 2 aliphatic rings. The van der Waals surface area contributed by atoms with Crippen molar-refractivity contribution in [3.05, 3.63) is 0 Å². The maximum atomic E-state index is 12.2. The Morgan fingerprint density at radius 1 is 1.24 bits per heavy atom. The Morgan fingerprint density at radius 3 is 2.48 bits per heavy atom. The molecular weight excluding hydrogens is 270 g/mol. The van der Waals surface area contributed by atoms with Gasteiger partial charge in [-0.1, -0.05) is 6.92 Å². The lowest BCUT2D eigenvalue weighted by Crippen LogP contribution is -2.54. The van der Waals surface area contributed by atoms with Crippen LogP contribution in [-0.4, -0.2) is 73.1 Å². The van der Waals surface area contributed by atoms with E-state index in [1.54, 1.807) is 0 Å². The Bertz CT molecular complexity index is 361. The molecule has 2 amide bonds. The summed E-state index contributed by atoms with van der Waals surface area (Å²) in [4.78, 5) is 28.0. The SMILES string of the molecule is CCC(C)NCC(=O)N1CCN(C(=O)C2CCCO2)CC1. The third-order valence-corrected chi connectivity index (χ3v) is 4.36. The molecular formula is C15H27N3O3. The lowest BCUT2D eigenvalue weighted by Gasteiger charge is -2.36. The van der Waals surface area contributed by atoms with Gasteiger partial charge < -0.3 is 19.9 Å². The smallest absolute Gasteiger partial charge is 0.251 e. The van der Waals surface area contributed by atoms with Crippen LogP contribution in [0.3, 0.4) is 0 Å². The van der Waals surface area contributed by atoms with Crippen molar-refractivity contribution in [2.75, 3.05) is 39.3 Å². The van der Waals surface area contributed by atoms with Gasteiger partial charge in [0, 0.05) is 38.8 Å². The van der Waals surface area contributed by atoms with Crippen molar-refractivity contribution >= 4 is 11.8 Å². The van der Waals surface area contributed by atoms with Crippen molar-refractivity contribution in [3.8, 4) is 0 Å². The molecule has 6 nitrogen and oxygen atoms in total. The van der Waals surface area contributed by atoms with Crippen LogP contribution in [0.1, 0.15) is 33.1 Å². The Hall–Kier alpha value is -1.14. The zero-order chi connectivity index (χ0) is 15.2. The Labute approximate surface area is 126 Å². The number of carbonyl (C=O) groups is 2. The number of amides is 2. The van der Waals surface area contributed by atoms with E-state index in [1.807, 2.05) is 9.80 Å². The first-order valence-corrected chi connectivity index (χ1v) is 8.03. The second-order valence-electron chi connectivity index (χ2n) is 5.90. The van der Waals surface area contributed by atoms with Crippen molar-refractivity contribution in [3.63, 3.8) is 0 Å². The number of ether oxygens (including phenoxy) is 1. The molecule has 0 radical (unpaired) electrons. The van der Waals surface area contributed by atoms with Crippen LogP contribution in [-0.2, 0) is 14.3 Å². The topological polar surface area (TPSA) is 61.9 Å². The van der Waals surface area contributed by atoms with Crippen molar-refractivity contribution in [2.24, 2.45) is 0 Å². The molecule has 2 aliphatic heterocycles. The number of carbonyl (C=O) groups excluding carboxylic acids is 2. The fourth-order valence-corrected chi connectivity index (χ4v) is 2.67. The largest absolute Gasteiger partial charge is 0.368 e. The van der Waals surface area contributed by atoms with E-state index in [4.69, 9.17) is 4.74 Å². The second-order valence-corrected chi connectivity index (χ2v) is 5.90. The fourth-order valence-electron chi connectivity index (χ4n) is 2.67. The molecule has 2 saturated heterocycles. The van der Waals surface area contributed by atoms with Gasteiger partial charge >= 0.3 is 0 Å². The molecule has 0 saturated carbocycles. The first-order chi connectivity index (χ1) is 10.1. The molecule has 2 atom stereocenters. The van der Waals surface area contributed by atoms with Gasteiger partial charge in [-0.25, -0.2) is 0 Å². The zero-order valence-electron chi connectivity index (χ0n) is 13.1. The molecule has 6 heteroatoms. The van der Waals surface area contributed by atoms with E-state index in [2.05, 4.69) is 19.2 Å². The first-order valence-electron chi connectivity index (χ1n) is 8.03.